The summed E-state index contributed by atoms with van der Waals surface area (Å²) in [6.45, 7) is 2.66. The minimum atomic E-state index is -0.922. The van der Waals surface area contributed by atoms with Gasteiger partial charge in [-0.05, 0) is 37.8 Å². The van der Waals surface area contributed by atoms with Gasteiger partial charge >= 0.3 is 5.97 Å². The lowest BCUT2D eigenvalue weighted by atomic mass is 9.73. The van der Waals surface area contributed by atoms with E-state index in [1.165, 1.54) is 6.07 Å². The van der Waals surface area contributed by atoms with Crippen molar-refractivity contribution in [2.24, 2.45) is 11.8 Å². The van der Waals surface area contributed by atoms with E-state index in [0.717, 1.165) is 5.56 Å². The maximum atomic E-state index is 11.9. The van der Waals surface area contributed by atoms with Crippen molar-refractivity contribution in [2.45, 2.75) is 26.2 Å². The Hall–Kier alpha value is -2.64. The Morgan fingerprint density at radius 2 is 2.00 bits per heavy atom. The number of amides is 1. The van der Waals surface area contributed by atoms with Crippen LogP contribution in [0.4, 0.5) is 11.4 Å². The van der Waals surface area contributed by atoms with Crippen molar-refractivity contribution in [3.8, 4) is 0 Å². The molecule has 130 valence electrons. The average Bonchev–Trinajstić information content (AvgIpc) is 2.46. The van der Waals surface area contributed by atoms with Gasteiger partial charge in [-0.15, -0.1) is 0 Å². The molecule has 1 fully saturated rings. The molecule has 0 heterocycles. The Balaban J connectivity index is 1.73. The van der Waals surface area contributed by atoms with Crippen LogP contribution < -0.4 is 10.6 Å². The van der Waals surface area contributed by atoms with Crippen molar-refractivity contribution in [1.29, 1.82) is 0 Å². The van der Waals surface area contributed by atoms with Crippen LogP contribution in [0.1, 0.15) is 24.8 Å². The molecule has 8 heteroatoms. The molecule has 1 saturated carbocycles. The van der Waals surface area contributed by atoms with Gasteiger partial charge in [-0.1, -0.05) is 6.07 Å². The first-order valence-corrected chi connectivity index (χ1v) is 7.89. The van der Waals surface area contributed by atoms with Crippen LogP contribution in [0.25, 0.3) is 0 Å². The average molecular weight is 335 g/mol. The van der Waals surface area contributed by atoms with Gasteiger partial charge in [-0.25, -0.2) is 0 Å². The van der Waals surface area contributed by atoms with E-state index in [1.54, 1.807) is 19.1 Å². The van der Waals surface area contributed by atoms with E-state index < -0.39 is 22.7 Å². The van der Waals surface area contributed by atoms with Crippen molar-refractivity contribution in [2.75, 3.05) is 18.4 Å². The number of hydrogen-bond acceptors (Lipinski definition) is 5. The summed E-state index contributed by atoms with van der Waals surface area (Å²) in [7, 11) is 0. The summed E-state index contributed by atoms with van der Waals surface area (Å²) in [6, 6.07) is 4.96. The summed E-state index contributed by atoms with van der Waals surface area (Å²) in [5.74, 6) is -2.16. The Morgan fingerprint density at radius 1 is 1.29 bits per heavy atom. The number of anilines is 1. The lowest BCUT2D eigenvalue weighted by Gasteiger charge is -2.31. The zero-order valence-corrected chi connectivity index (χ0v) is 13.4. The molecule has 1 aromatic rings. The van der Waals surface area contributed by atoms with Crippen LogP contribution in [0.2, 0.25) is 0 Å². The van der Waals surface area contributed by atoms with Gasteiger partial charge in [0.15, 0.2) is 0 Å². The molecule has 24 heavy (non-hydrogen) atoms. The molecule has 0 spiro atoms. The minimum Gasteiger partial charge on any atom is -0.481 e. The van der Waals surface area contributed by atoms with E-state index in [1.807, 2.05) is 0 Å². The number of hydrogen-bond donors (Lipinski definition) is 3. The van der Waals surface area contributed by atoms with Gasteiger partial charge in [0.1, 0.15) is 5.69 Å². The first-order chi connectivity index (χ1) is 11.4. The largest absolute Gasteiger partial charge is 0.481 e. The summed E-state index contributed by atoms with van der Waals surface area (Å²) < 4.78 is 0. The molecule has 0 radical (unpaired) electrons. The summed E-state index contributed by atoms with van der Waals surface area (Å²) >= 11 is 0. The molecule has 3 N–H and O–H groups in total. The highest BCUT2D eigenvalue weighted by Crippen LogP contribution is 2.34. The van der Waals surface area contributed by atoms with Crippen molar-refractivity contribution in [3.63, 3.8) is 0 Å². The van der Waals surface area contributed by atoms with Crippen LogP contribution in [0.3, 0.4) is 0 Å². The van der Waals surface area contributed by atoms with E-state index >= 15 is 0 Å². The summed E-state index contributed by atoms with van der Waals surface area (Å²) in [6.07, 6.45) is 1.74. The van der Waals surface area contributed by atoms with Gasteiger partial charge in [0.05, 0.1) is 16.8 Å². The predicted octanol–water partition coefficient (Wildman–Crippen LogP) is 1.93. The number of nitrogens with one attached hydrogen (secondary N) is 2. The third kappa shape index (κ3) is 4.21. The maximum absolute atomic E-state index is 11.9. The second kappa shape index (κ2) is 7.76. The number of carbonyl (C=O) groups excluding carboxylic acids is 1. The normalized spacial score (nSPS) is 19.2. The zero-order chi connectivity index (χ0) is 17.7. The monoisotopic (exact) mass is 335 g/mol. The molecule has 0 bridgehead atoms. The summed E-state index contributed by atoms with van der Waals surface area (Å²) in [5.41, 5.74) is 1.28. The van der Waals surface area contributed by atoms with E-state index in [9.17, 15) is 19.7 Å². The highest BCUT2D eigenvalue weighted by Gasteiger charge is 2.41. The molecule has 2 atom stereocenters. The minimum absolute atomic E-state index is 0.0257. The van der Waals surface area contributed by atoms with Gasteiger partial charge in [-0.3, -0.25) is 19.7 Å². The quantitative estimate of drug-likeness (QED) is 0.379. The molecule has 1 aliphatic carbocycles. The maximum Gasteiger partial charge on any atom is 0.307 e. The zero-order valence-electron chi connectivity index (χ0n) is 13.4. The Kier molecular flexibility index (Phi) is 5.73. The molecule has 1 aromatic carbocycles. The number of aliphatic carboxylic acids is 1. The lowest BCUT2D eigenvalue weighted by molar-refractivity contribution is -0.384. The molecular formula is C16H21N3O5. The van der Waals surface area contributed by atoms with Crippen molar-refractivity contribution >= 4 is 23.3 Å². The van der Waals surface area contributed by atoms with Gasteiger partial charge in [0.2, 0.25) is 5.91 Å². The second-order valence-corrected chi connectivity index (χ2v) is 5.98. The van der Waals surface area contributed by atoms with Crippen LogP contribution in [-0.4, -0.2) is 35.0 Å². The molecule has 8 nitrogen and oxygen atoms in total. The highest BCUT2D eigenvalue weighted by atomic mass is 16.6. The Morgan fingerprint density at radius 3 is 2.58 bits per heavy atom. The van der Waals surface area contributed by atoms with Crippen LogP contribution in [0.15, 0.2) is 18.2 Å². The van der Waals surface area contributed by atoms with E-state index in [2.05, 4.69) is 10.6 Å². The number of nitro benzene ring substituents is 1. The lowest BCUT2D eigenvalue weighted by Crippen LogP contribution is -2.44. The fourth-order valence-electron chi connectivity index (χ4n) is 2.71. The van der Waals surface area contributed by atoms with E-state index in [-0.39, 0.29) is 11.6 Å². The summed E-state index contributed by atoms with van der Waals surface area (Å²) in [5, 5.41) is 25.7. The number of carbonyl (C=O) groups is 2. The van der Waals surface area contributed by atoms with Crippen molar-refractivity contribution in [1.82, 2.24) is 5.32 Å². The number of aryl methyl sites for hydroxylation is 1. The third-order valence-corrected chi connectivity index (χ3v) is 4.25. The molecule has 1 amide bonds. The smallest absolute Gasteiger partial charge is 0.307 e. The first-order valence-electron chi connectivity index (χ1n) is 7.89. The number of rotatable bonds is 8. The van der Waals surface area contributed by atoms with E-state index in [0.29, 0.717) is 38.0 Å². The summed E-state index contributed by atoms with van der Waals surface area (Å²) in [4.78, 5) is 33.3. The van der Waals surface area contributed by atoms with Crippen LogP contribution in [-0.2, 0) is 9.59 Å². The molecule has 0 aromatic heterocycles. The molecule has 1 aliphatic rings. The standard InChI is InChI=1S/C16H21N3O5/c1-10-3-6-13(14(9-10)19(23)24)17-7-2-8-18-15(20)11-4-5-12(11)16(21)22/h3,6,9,11-12,17H,2,4-5,7-8H2,1H3,(H,18,20)(H,21,22). The number of nitro groups is 1. The second-order valence-electron chi connectivity index (χ2n) is 5.98. The SMILES string of the molecule is Cc1ccc(NCCCNC(=O)C2CCC2C(=O)O)c([N+](=O)[O-])c1. The molecule has 0 aliphatic heterocycles. The van der Waals surface area contributed by atoms with Gasteiger partial charge < -0.3 is 15.7 Å². The first kappa shape index (κ1) is 17.7. The number of nitrogens with zero attached hydrogens (tertiary/aromatic N) is 1. The number of carboxylic acid groups (broad SMARTS) is 1. The molecular weight excluding hydrogens is 314 g/mol. The number of benzene rings is 1. The molecule has 2 rings (SSSR count). The van der Waals surface area contributed by atoms with Crippen LogP contribution >= 0.6 is 0 Å². The van der Waals surface area contributed by atoms with Gasteiger partial charge in [0.25, 0.3) is 5.69 Å². The predicted molar refractivity (Wildman–Crippen MR) is 87.8 cm³/mol. The topological polar surface area (TPSA) is 122 Å². The van der Waals surface area contributed by atoms with Gasteiger partial charge in [-0.2, -0.15) is 0 Å². The number of carboxylic acids is 1. The fraction of sp³-hybridized carbons (Fsp3) is 0.500. The highest BCUT2D eigenvalue weighted by molar-refractivity contribution is 5.86. The van der Waals surface area contributed by atoms with Crippen LogP contribution in [0, 0.1) is 28.9 Å². The Labute approximate surface area is 139 Å². The van der Waals surface area contributed by atoms with Crippen molar-refractivity contribution in [3.05, 3.63) is 33.9 Å². The third-order valence-electron chi connectivity index (χ3n) is 4.25. The Bertz CT molecular complexity index is 647. The fourth-order valence-corrected chi connectivity index (χ4v) is 2.71. The molecule has 0 saturated heterocycles. The van der Waals surface area contributed by atoms with Gasteiger partial charge in [0, 0.05) is 19.2 Å². The molecule has 2 unspecified atom stereocenters. The van der Waals surface area contributed by atoms with Crippen LogP contribution in [0.5, 0.6) is 0 Å². The van der Waals surface area contributed by atoms with E-state index in [4.69, 9.17) is 5.11 Å². The van der Waals surface area contributed by atoms with Crippen molar-refractivity contribution < 1.29 is 19.6 Å².